The molecule has 3 nitrogen and oxygen atoms in total. The molecule has 1 aromatic heterocycles. The molecular formula is C13H17NO2S. The third-order valence-corrected chi connectivity index (χ3v) is 3.55. The van der Waals surface area contributed by atoms with Crippen LogP contribution in [0.2, 0.25) is 0 Å². The van der Waals surface area contributed by atoms with Gasteiger partial charge in [0.05, 0.1) is 17.9 Å². The van der Waals surface area contributed by atoms with Crippen LogP contribution in [0.5, 0.6) is 0 Å². The zero-order valence-corrected chi connectivity index (χ0v) is 11.0. The van der Waals surface area contributed by atoms with Crippen molar-refractivity contribution >= 4 is 17.3 Å². The van der Waals surface area contributed by atoms with Gasteiger partial charge in [-0.15, -0.1) is 11.3 Å². The lowest BCUT2D eigenvalue weighted by molar-refractivity contribution is -0.148. The molecule has 4 heteroatoms. The van der Waals surface area contributed by atoms with E-state index in [-0.39, 0.29) is 24.4 Å². The summed E-state index contributed by atoms with van der Waals surface area (Å²) in [6.45, 7) is 3.97. The summed E-state index contributed by atoms with van der Waals surface area (Å²) >= 11 is 1.62. The fourth-order valence-corrected chi connectivity index (χ4v) is 2.09. The molecule has 1 aromatic rings. The average molecular weight is 251 g/mol. The highest BCUT2D eigenvalue weighted by Crippen LogP contribution is 2.15. The molecule has 0 saturated carbocycles. The third kappa shape index (κ3) is 4.58. The highest BCUT2D eigenvalue weighted by molar-refractivity contribution is 7.09. The molecule has 0 saturated heterocycles. The van der Waals surface area contributed by atoms with E-state index in [0.717, 1.165) is 11.3 Å². The molecule has 17 heavy (non-hydrogen) atoms. The molecule has 1 heterocycles. The number of nitriles is 1. The molecule has 92 valence electrons. The van der Waals surface area contributed by atoms with Gasteiger partial charge >= 0.3 is 5.97 Å². The summed E-state index contributed by atoms with van der Waals surface area (Å²) in [6, 6.07) is 6.13. The van der Waals surface area contributed by atoms with Crippen LogP contribution in [0, 0.1) is 23.2 Å². The van der Waals surface area contributed by atoms with Crippen LogP contribution in [0.1, 0.15) is 25.1 Å². The molecule has 0 aliphatic carbocycles. The average Bonchev–Trinajstić information content (AvgIpc) is 2.85. The van der Waals surface area contributed by atoms with E-state index in [2.05, 4.69) is 6.07 Å². The Morgan fingerprint density at radius 1 is 1.65 bits per heavy atom. The minimum atomic E-state index is -0.248. The van der Waals surface area contributed by atoms with E-state index >= 15 is 0 Å². The van der Waals surface area contributed by atoms with E-state index in [9.17, 15) is 4.79 Å². The molecule has 0 fully saturated rings. The molecule has 1 rings (SSSR count). The maximum atomic E-state index is 11.5. The molecule has 0 bridgehead atoms. The van der Waals surface area contributed by atoms with Crippen molar-refractivity contribution in [1.29, 1.82) is 5.26 Å². The van der Waals surface area contributed by atoms with E-state index in [1.54, 1.807) is 11.3 Å². The van der Waals surface area contributed by atoms with Crippen LogP contribution in [-0.4, -0.2) is 12.6 Å². The first-order valence-corrected chi connectivity index (χ1v) is 6.64. The van der Waals surface area contributed by atoms with Gasteiger partial charge in [0, 0.05) is 11.3 Å². The van der Waals surface area contributed by atoms with Crippen LogP contribution in [0.3, 0.4) is 0 Å². The number of esters is 1. The lowest BCUT2D eigenvalue weighted by Gasteiger charge is -2.12. The maximum Gasteiger partial charge on any atom is 0.308 e. The molecule has 0 aromatic carbocycles. The first-order chi connectivity index (χ1) is 8.17. The monoisotopic (exact) mass is 251 g/mol. The Morgan fingerprint density at radius 2 is 2.41 bits per heavy atom. The minimum absolute atomic E-state index is 0.0870. The molecular weight excluding hydrogens is 234 g/mol. The molecule has 0 unspecified atom stereocenters. The summed E-state index contributed by atoms with van der Waals surface area (Å²) in [6.07, 6.45) is 1.42. The SMILES string of the molecule is CC[C@H](C)C(=O)OC[C@H](C#N)Cc1cccs1. The molecule has 0 aliphatic heterocycles. The van der Waals surface area contributed by atoms with E-state index in [4.69, 9.17) is 10.00 Å². The van der Waals surface area contributed by atoms with Crippen LogP contribution in [0.4, 0.5) is 0 Å². The quantitative estimate of drug-likeness (QED) is 0.730. The molecule has 0 N–H and O–H groups in total. The Kier molecular flexibility index (Phi) is 5.71. The minimum Gasteiger partial charge on any atom is -0.464 e. The number of carbonyl (C=O) groups excluding carboxylic acids is 1. The van der Waals surface area contributed by atoms with Crippen molar-refractivity contribution in [3.63, 3.8) is 0 Å². The molecule has 0 amide bonds. The van der Waals surface area contributed by atoms with Crippen molar-refractivity contribution in [2.24, 2.45) is 11.8 Å². The zero-order chi connectivity index (χ0) is 12.7. The van der Waals surface area contributed by atoms with Crippen LogP contribution in [-0.2, 0) is 16.0 Å². The van der Waals surface area contributed by atoms with Gasteiger partial charge in [-0.05, 0) is 17.9 Å². The van der Waals surface area contributed by atoms with Crippen molar-refractivity contribution in [1.82, 2.24) is 0 Å². The third-order valence-electron chi connectivity index (χ3n) is 2.65. The molecule has 0 radical (unpaired) electrons. The van der Waals surface area contributed by atoms with Gasteiger partial charge in [-0.25, -0.2) is 0 Å². The second kappa shape index (κ2) is 7.08. The fraction of sp³-hybridized carbons (Fsp3) is 0.538. The predicted molar refractivity (Wildman–Crippen MR) is 67.5 cm³/mol. The highest BCUT2D eigenvalue weighted by atomic mass is 32.1. The Labute approximate surface area is 106 Å². The van der Waals surface area contributed by atoms with Crippen molar-refractivity contribution < 1.29 is 9.53 Å². The molecule has 2 atom stereocenters. The van der Waals surface area contributed by atoms with Crippen molar-refractivity contribution in [2.45, 2.75) is 26.7 Å². The first kappa shape index (κ1) is 13.7. The second-order valence-corrected chi connectivity index (χ2v) is 5.08. The van der Waals surface area contributed by atoms with Crippen molar-refractivity contribution in [3.8, 4) is 6.07 Å². The maximum absolute atomic E-state index is 11.5. The smallest absolute Gasteiger partial charge is 0.308 e. The zero-order valence-electron chi connectivity index (χ0n) is 10.2. The summed E-state index contributed by atoms with van der Waals surface area (Å²) in [5.74, 6) is -0.545. The van der Waals surface area contributed by atoms with Gasteiger partial charge < -0.3 is 4.74 Å². The van der Waals surface area contributed by atoms with Gasteiger partial charge in [-0.1, -0.05) is 19.9 Å². The first-order valence-electron chi connectivity index (χ1n) is 5.76. The fourth-order valence-electron chi connectivity index (χ4n) is 1.31. The Bertz CT molecular complexity index is 381. The van der Waals surface area contributed by atoms with Gasteiger partial charge in [-0.3, -0.25) is 4.79 Å². The Hall–Kier alpha value is -1.34. The lowest BCUT2D eigenvalue weighted by Crippen LogP contribution is -2.19. The number of thiophene rings is 1. The summed E-state index contributed by atoms with van der Waals surface area (Å²) < 4.78 is 5.14. The Morgan fingerprint density at radius 3 is 2.94 bits per heavy atom. The summed E-state index contributed by atoms with van der Waals surface area (Å²) in [7, 11) is 0. The Balaban J connectivity index is 2.38. The number of carbonyl (C=O) groups is 1. The van der Waals surface area contributed by atoms with E-state index in [1.165, 1.54) is 0 Å². The number of hydrogen-bond donors (Lipinski definition) is 0. The normalized spacial score (nSPS) is 13.7. The van der Waals surface area contributed by atoms with Gasteiger partial charge in [0.2, 0.25) is 0 Å². The summed E-state index contributed by atoms with van der Waals surface area (Å²) in [4.78, 5) is 12.6. The topological polar surface area (TPSA) is 50.1 Å². The van der Waals surface area contributed by atoms with E-state index in [1.807, 2.05) is 31.4 Å². The van der Waals surface area contributed by atoms with Gasteiger partial charge in [0.1, 0.15) is 6.61 Å². The van der Waals surface area contributed by atoms with Crippen LogP contribution in [0.25, 0.3) is 0 Å². The van der Waals surface area contributed by atoms with Crippen molar-refractivity contribution in [2.75, 3.05) is 6.61 Å². The van der Waals surface area contributed by atoms with Gasteiger partial charge in [-0.2, -0.15) is 5.26 Å². The number of rotatable bonds is 6. The number of nitrogens with zero attached hydrogens (tertiary/aromatic N) is 1. The highest BCUT2D eigenvalue weighted by Gasteiger charge is 2.16. The van der Waals surface area contributed by atoms with E-state index in [0.29, 0.717) is 6.42 Å². The van der Waals surface area contributed by atoms with Crippen LogP contribution < -0.4 is 0 Å². The summed E-state index contributed by atoms with van der Waals surface area (Å²) in [5, 5.41) is 11.0. The molecule has 0 aliphatic rings. The largest absolute Gasteiger partial charge is 0.464 e. The van der Waals surface area contributed by atoms with Gasteiger partial charge in [0.15, 0.2) is 0 Å². The second-order valence-electron chi connectivity index (χ2n) is 4.05. The van der Waals surface area contributed by atoms with Crippen molar-refractivity contribution in [3.05, 3.63) is 22.4 Å². The number of hydrogen-bond acceptors (Lipinski definition) is 4. The number of ether oxygens (including phenoxy) is 1. The van der Waals surface area contributed by atoms with Gasteiger partial charge in [0.25, 0.3) is 0 Å². The van der Waals surface area contributed by atoms with Crippen LogP contribution >= 0.6 is 11.3 Å². The standard InChI is InChI=1S/C13H17NO2S/c1-3-10(2)13(15)16-9-11(8-14)7-12-5-4-6-17-12/h4-6,10-11H,3,7,9H2,1-2H3/t10-,11-/m0/s1. The lowest BCUT2D eigenvalue weighted by atomic mass is 10.1. The molecule has 0 spiro atoms. The van der Waals surface area contributed by atoms with Crippen LogP contribution in [0.15, 0.2) is 17.5 Å². The predicted octanol–water partition coefficient (Wildman–Crippen LogP) is 3.02. The summed E-state index contributed by atoms with van der Waals surface area (Å²) in [5.41, 5.74) is 0. The van der Waals surface area contributed by atoms with E-state index < -0.39 is 0 Å².